The van der Waals surface area contributed by atoms with Crippen molar-refractivity contribution >= 4 is 40.5 Å². The number of phenolic OH excluding ortho intramolecular Hbond substituents is 1. The Bertz CT molecular complexity index is 1400. The molecule has 0 saturated carbocycles. The molecular weight excluding hydrogens is 532 g/mol. The molecule has 2 aromatic carbocycles. The molecule has 0 aliphatic heterocycles. The number of fused-ring (bicyclic) bond motifs is 1. The summed E-state index contributed by atoms with van der Waals surface area (Å²) in [5, 5.41) is 27.2. The Morgan fingerprint density at radius 3 is 2.20 bits per heavy atom. The lowest BCUT2D eigenvalue weighted by Crippen LogP contribution is -2.57. The standard InChI is InChI=1S/C28H34N6O7/c1-15(25(37)33-22(28(40)41)10-11-24(30)36)32-27(39)23(13-17-14-31-21-5-3-2-4-19(17)21)34-26(38)20(29)12-16-6-8-18(35)9-7-16/h2-9,14-15,20,22-23,31,35H,10-13,29H2,1H3,(H2,30,36)(H,32,39)(H,33,37)(H,34,38)(H,40,41). The van der Waals surface area contributed by atoms with E-state index in [0.29, 0.717) is 5.56 Å². The molecule has 0 aliphatic carbocycles. The highest BCUT2D eigenvalue weighted by Crippen LogP contribution is 2.19. The minimum absolute atomic E-state index is 0.0677. The summed E-state index contributed by atoms with van der Waals surface area (Å²) in [5.41, 5.74) is 13.5. The molecule has 0 radical (unpaired) electrons. The third-order valence-electron chi connectivity index (χ3n) is 6.51. The molecule has 13 nitrogen and oxygen atoms in total. The number of rotatable bonds is 14. The molecule has 4 atom stereocenters. The fourth-order valence-corrected chi connectivity index (χ4v) is 4.21. The van der Waals surface area contributed by atoms with Gasteiger partial charge < -0.3 is 42.6 Å². The first-order valence-corrected chi connectivity index (χ1v) is 12.9. The van der Waals surface area contributed by atoms with Gasteiger partial charge in [-0.1, -0.05) is 30.3 Å². The molecule has 4 amide bonds. The second-order valence-electron chi connectivity index (χ2n) is 9.74. The van der Waals surface area contributed by atoms with Crippen molar-refractivity contribution in [3.8, 4) is 5.75 Å². The number of carboxylic acids is 1. The van der Waals surface area contributed by atoms with Gasteiger partial charge in [0, 0.05) is 29.9 Å². The van der Waals surface area contributed by atoms with Crippen LogP contribution in [0.25, 0.3) is 10.9 Å². The summed E-state index contributed by atoms with van der Waals surface area (Å²) in [6.07, 6.45) is 1.47. The number of aromatic amines is 1. The highest BCUT2D eigenvalue weighted by atomic mass is 16.4. The van der Waals surface area contributed by atoms with Crippen LogP contribution < -0.4 is 27.4 Å². The number of nitrogens with one attached hydrogen (secondary N) is 4. The fourth-order valence-electron chi connectivity index (χ4n) is 4.21. The molecule has 0 aliphatic rings. The number of H-pyrrole nitrogens is 1. The molecule has 3 aromatic rings. The molecule has 1 heterocycles. The van der Waals surface area contributed by atoms with Crippen molar-refractivity contribution in [2.45, 2.75) is 56.8 Å². The van der Waals surface area contributed by atoms with E-state index in [4.69, 9.17) is 11.5 Å². The van der Waals surface area contributed by atoms with E-state index in [0.717, 1.165) is 16.5 Å². The molecule has 0 spiro atoms. The number of carbonyl (C=O) groups excluding carboxylic acids is 4. The number of carboxylic acid groups (broad SMARTS) is 1. The number of carbonyl (C=O) groups is 5. The van der Waals surface area contributed by atoms with Crippen molar-refractivity contribution in [3.63, 3.8) is 0 Å². The number of nitrogens with two attached hydrogens (primary N) is 2. The van der Waals surface area contributed by atoms with Crippen LogP contribution in [0, 0.1) is 0 Å². The normalized spacial score (nSPS) is 13.9. The maximum atomic E-state index is 13.3. The summed E-state index contributed by atoms with van der Waals surface area (Å²) in [6, 6.07) is 8.93. The fraction of sp³-hybridized carbons (Fsp3) is 0.321. The number of hydrogen-bond donors (Lipinski definition) is 8. The highest BCUT2D eigenvalue weighted by Gasteiger charge is 2.29. The lowest BCUT2D eigenvalue weighted by Gasteiger charge is -2.23. The minimum Gasteiger partial charge on any atom is -0.508 e. The molecule has 0 fully saturated rings. The Labute approximate surface area is 235 Å². The number of benzene rings is 2. The molecule has 1 aromatic heterocycles. The molecule has 3 rings (SSSR count). The van der Waals surface area contributed by atoms with E-state index in [1.807, 2.05) is 24.3 Å². The van der Waals surface area contributed by atoms with E-state index >= 15 is 0 Å². The second kappa shape index (κ2) is 13.9. The first kappa shape index (κ1) is 30.6. The van der Waals surface area contributed by atoms with E-state index in [-0.39, 0.29) is 31.4 Å². The lowest BCUT2D eigenvalue weighted by molar-refractivity contribution is -0.142. The molecule has 13 heteroatoms. The Balaban J connectivity index is 1.73. The zero-order valence-corrected chi connectivity index (χ0v) is 22.4. The summed E-state index contributed by atoms with van der Waals surface area (Å²) < 4.78 is 0. The average Bonchev–Trinajstić information content (AvgIpc) is 3.34. The van der Waals surface area contributed by atoms with Crippen LogP contribution in [0.2, 0.25) is 0 Å². The van der Waals surface area contributed by atoms with Crippen LogP contribution in [0.5, 0.6) is 5.75 Å². The van der Waals surface area contributed by atoms with Crippen LogP contribution in [0.3, 0.4) is 0 Å². The Morgan fingerprint density at radius 2 is 1.54 bits per heavy atom. The Kier molecular flexibility index (Phi) is 10.4. The van der Waals surface area contributed by atoms with Crippen molar-refractivity contribution in [2.24, 2.45) is 11.5 Å². The second-order valence-corrected chi connectivity index (χ2v) is 9.74. The van der Waals surface area contributed by atoms with Crippen LogP contribution in [0.4, 0.5) is 0 Å². The molecular formula is C28H34N6O7. The number of amides is 4. The Hall–Kier alpha value is -4.91. The maximum Gasteiger partial charge on any atom is 0.326 e. The molecule has 218 valence electrons. The first-order valence-electron chi connectivity index (χ1n) is 12.9. The number of primary amides is 1. The predicted octanol–water partition coefficient (Wildman–Crippen LogP) is -0.190. The van der Waals surface area contributed by atoms with E-state index in [1.54, 1.807) is 18.3 Å². The van der Waals surface area contributed by atoms with Crippen molar-refractivity contribution in [3.05, 3.63) is 65.9 Å². The zero-order chi connectivity index (χ0) is 30.1. The van der Waals surface area contributed by atoms with Gasteiger partial charge in [0.25, 0.3) is 0 Å². The van der Waals surface area contributed by atoms with E-state index < -0.39 is 53.8 Å². The summed E-state index contributed by atoms with van der Waals surface area (Å²) in [6.45, 7) is 1.36. The summed E-state index contributed by atoms with van der Waals surface area (Å²) in [4.78, 5) is 64.7. The first-order chi connectivity index (χ1) is 19.4. The predicted molar refractivity (Wildman–Crippen MR) is 149 cm³/mol. The smallest absolute Gasteiger partial charge is 0.326 e. The van der Waals surface area contributed by atoms with Gasteiger partial charge in [-0.2, -0.15) is 0 Å². The molecule has 10 N–H and O–H groups in total. The maximum absolute atomic E-state index is 13.3. The van der Waals surface area contributed by atoms with Gasteiger partial charge in [-0.05, 0) is 49.1 Å². The largest absolute Gasteiger partial charge is 0.508 e. The van der Waals surface area contributed by atoms with Gasteiger partial charge in [-0.3, -0.25) is 19.2 Å². The number of hydrogen-bond acceptors (Lipinski definition) is 7. The molecule has 0 bridgehead atoms. The van der Waals surface area contributed by atoms with Crippen LogP contribution in [-0.4, -0.2) is 69.0 Å². The van der Waals surface area contributed by atoms with Gasteiger partial charge in [0.05, 0.1) is 6.04 Å². The van der Waals surface area contributed by atoms with Gasteiger partial charge in [0.1, 0.15) is 23.9 Å². The summed E-state index contributed by atoms with van der Waals surface area (Å²) >= 11 is 0. The van der Waals surface area contributed by atoms with Gasteiger partial charge in [0.2, 0.25) is 23.6 Å². The molecule has 41 heavy (non-hydrogen) atoms. The average molecular weight is 567 g/mol. The minimum atomic E-state index is -1.38. The number of aromatic hydroxyl groups is 1. The zero-order valence-electron chi connectivity index (χ0n) is 22.4. The molecule has 0 saturated heterocycles. The van der Waals surface area contributed by atoms with Gasteiger partial charge >= 0.3 is 5.97 Å². The number of para-hydroxylation sites is 1. The number of phenols is 1. The molecule has 4 unspecified atom stereocenters. The van der Waals surface area contributed by atoms with E-state index in [2.05, 4.69) is 20.9 Å². The van der Waals surface area contributed by atoms with E-state index in [9.17, 15) is 34.2 Å². The third-order valence-corrected chi connectivity index (χ3v) is 6.51. The number of aliphatic carboxylic acids is 1. The van der Waals surface area contributed by atoms with Crippen LogP contribution in [0.1, 0.15) is 30.9 Å². The van der Waals surface area contributed by atoms with Crippen molar-refractivity contribution in [1.29, 1.82) is 0 Å². The topological polar surface area (TPSA) is 230 Å². The van der Waals surface area contributed by atoms with Crippen molar-refractivity contribution < 1.29 is 34.2 Å². The van der Waals surface area contributed by atoms with Gasteiger partial charge in [-0.25, -0.2) is 4.79 Å². The van der Waals surface area contributed by atoms with E-state index in [1.165, 1.54) is 19.1 Å². The SMILES string of the molecule is CC(NC(=O)C(Cc1c[nH]c2ccccc12)NC(=O)C(N)Cc1ccc(O)cc1)C(=O)NC(CCC(N)=O)C(=O)O. The monoisotopic (exact) mass is 566 g/mol. The summed E-state index contributed by atoms with van der Waals surface area (Å²) in [7, 11) is 0. The summed E-state index contributed by atoms with van der Waals surface area (Å²) in [5.74, 6) is -4.09. The number of aromatic nitrogens is 1. The van der Waals surface area contributed by atoms with Gasteiger partial charge in [-0.15, -0.1) is 0 Å². The quantitative estimate of drug-likeness (QED) is 0.130. The van der Waals surface area contributed by atoms with Crippen LogP contribution >= 0.6 is 0 Å². The van der Waals surface area contributed by atoms with Crippen LogP contribution in [-0.2, 0) is 36.8 Å². The highest BCUT2D eigenvalue weighted by molar-refractivity contribution is 5.94. The van der Waals surface area contributed by atoms with Crippen molar-refractivity contribution in [1.82, 2.24) is 20.9 Å². The lowest BCUT2D eigenvalue weighted by atomic mass is 10.0. The van der Waals surface area contributed by atoms with Gasteiger partial charge in [0.15, 0.2) is 0 Å². The Morgan fingerprint density at radius 1 is 0.878 bits per heavy atom. The van der Waals surface area contributed by atoms with Crippen molar-refractivity contribution in [2.75, 3.05) is 0 Å². The third kappa shape index (κ3) is 8.80. The van der Waals surface area contributed by atoms with Crippen LogP contribution in [0.15, 0.2) is 54.7 Å².